The molecule has 0 radical (unpaired) electrons. The summed E-state index contributed by atoms with van der Waals surface area (Å²) in [6.07, 6.45) is 2.45. The molecule has 1 aliphatic heterocycles. The summed E-state index contributed by atoms with van der Waals surface area (Å²) in [5.41, 5.74) is 2.35. The number of nitrogens with zero attached hydrogens (tertiary/aromatic N) is 1. The molecule has 6 heteroatoms. The molecule has 4 rings (SSSR count). The third kappa shape index (κ3) is 4.04. The first kappa shape index (κ1) is 18.9. The van der Waals surface area contributed by atoms with Crippen LogP contribution in [-0.4, -0.2) is 37.1 Å². The van der Waals surface area contributed by atoms with E-state index in [-0.39, 0.29) is 11.9 Å². The highest BCUT2D eigenvalue weighted by molar-refractivity contribution is 7.16. The number of nitrogens with one attached hydrogen (secondary N) is 1. The van der Waals surface area contributed by atoms with Crippen molar-refractivity contribution < 1.29 is 13.9 Å². The van der Waals surface area contributed by atoms with Gasteiger partial charge in [-0.3, -0.25) is 9.69 Å². The lowest BCUT2D eigenvalue weighted by molar-refractivity contribution is 0.0241. The van der Waals surface area contributed by atoms with Crippen LogP contribution in [0.5, 0.6) is 0 Å². The minimum absolute atomic E-state index is 0.0774. The maximum Gasteiger partial charge on any atom is 0.291 e. The molecule has 0 bridgehead atoms. The number of furan rings is 1. The van der Waals surface area contributed by atoms with Crippen LogP contribution in [0.2, 0.25) is 0 Å². The van der Waals surface area contributed by atoms with Crippen molar-refractivity contribution in [3.05, 3.63) is 76.6 Å². The molecule has 3 heterocycles. The number of carbonyl (C=O) groups excluding carboxylic acids is 1. The monoisotopic (exact) mass is 396 g/mol. The number of aryl methyl sites for hydroxylation is 1. The van der Waals surface area contributed by atoms with Gasteiger partial charge in [-0.1, -0.05) is 37.3 Å². The second-order valence-corrected chi connectivity index (χ2v) is 7.88. The second kappa shape index (κ2) is 8.73. The lowest BCUT2D eigenvalue weighted by Crippen LogP contribution is -2.39. The Kier molecular flexibility index (Phi) is 5.90. The van der Waals surface area contributed by atoms with E-state index in [2.05, 4.69) is 47.5 Å². The minimum atomic E-state index is -0.218. The fourth-order valence-electron chi connectivity index (χ4n) is 3.56. The lowest BCUT2D eigenvalue weighted by Gasteiger charge is -2.35. The Balaban J connectivity index is 1.72. The van der Waals surface area contributed by atoms with Crippen LogP contribution >= 0.6 is 11.3 Å². The molecule has 1 unspecified atom stereocenters. The topological polar surface area (TPSA) is 54.7 Å². The van der Waals surface area contributed by atoms with Gasteiger partial charge < -0.3 is 14.5 Å². The molecule has 0 spiro atoms. The van der Waals surface area contributed by atoms with Gasteiger partial charge in [0.05, 0.1) is 25.5 Å². The number of rotatable bonds is 6. The summed E-state index contributed by atoms with van der Waals surface area (Å²) in [6.45, 7) is 5.31. The van der Waals surface area contributed by atoms with Crippen LogP contribution in [0.4, 0.5) is 5.00 Å². The Morgan fingerprint density at radius 3 is 2.64 bits per heavy atom. The van der Waals surface area contributed by atoms with Gasteiger partial charge >= 0.3 is 0 Å². The maximum absolute atomic E-state index is 12.6. The SMILES string of the molecule is CCc1cc(C(c2ccccc2)N2CCOCC2)c(NC(=O)c2ccco2)s1. The molecular weight excluding hydrogens is 372 g/mol. The highest BCUT2D eigenvalue weighted by atomic mass is 32.1. The second-order valence-electron chi connectivity index (χ2n) is 6.74. The number of amides is 1. The number of thiophene rings is 1. The molecule has 1 aromatic carbocycles. The van der Waals surface area contributed by atoms with Crippen molar-refractivity contribution in [3.8, 4) is 0 Å². The van der Waals surface area contributed by atoms with E-state index in [1.807, 2.05) is 6.07 Å². The zero-order valence-electron chi connectivity index (χ0n) is 15.9. The zero-order valence-corrected chi connectivity index (χ0v) is 16.7. The smallest absolute Gasteiger partial charge is 0.291 e. The molecule has 146 valence electrons. The molecule has 3 aromatic rings. The van der Waals surface area contributed by atoms with E-state index in [1.54, 1.807) is 23.5 Å². The Hall–Kier alpha value is -2.41. The summed E-state index contributed by atoms with van der Waals surface area (Å²) in [6, 6.07) is 16.2. The van der Waals surface area contributed by atoms with Gasteiger partial charge in [0.25, 0.3) is 5.91 Å². The molecule has 1 atom stereocenters. The van der Waals surface area contributed by atoms with Crippen molar-refractivity contribution >= 4 is 22.2 Å². The van der Waals surface area contributed by atoms with E-state index < -0.39 is 0 Å². The van der Waals surface area contributed by atoms with Gasteiger partial charge in [-0.15, -0.1) is 11.3 Å². The van der Waals surface area contributed by atoms with Crippen molar-refractivity contribution in [2.75, 3.05) is 31.6 Å². The van der Waals surface area contributed by atoms with Crippen LogP contribution in [0.25, 0.3) is 0 Å². The first-order valence-corrected chi connectivity index (χ1v) is 10.4. The number of hydrogen-bond donors (Lipinski definition) is 1. The minimum Gasteiger partial charge on any atom is -0.459 e. The van der Waals surface area contributed by atoms with Gasteiger partial charge in [0.15, 0.2) is 5.76 Å². The first-order chi connectivity index (χ1) is 13.8. The predicted molar refractivity (Wildman–Crippen MR) is 111 cm³/mol. The molecule has 1 aliphatic rings. The summed E-state index contributed by atoms with van der Waals surface area (Å²) in [5.74, 6) is 0.101. The van der Waals surface area contributed by atoms with Gasteiger partial charge in [-0.2, -0.15) is 0 Å². The molecule has 28 heavy (non-hydrogen) atoms. The predicted octanol–water partition coefficient (Wildman–Crippen LogP) is 4.58. The molecule has 2 aromatic heterocycles. The van der Waals surface area contributed by atoms with Crippen LogP contribution in [0.15, 0.2) is 59.2 Å². The van der Waals surface area contributed by atoms with E-state index in [0.717, 1.165) is 43.3 Å². The van der Waals surface area contributed by atoms with Gasteiger partial charge in [0.2, 0.25) is 0 Å². The lowest BCUT2D eigenvalue weighted by atomic mass is 9.97. The van der Waals surface area contributed by atoms with Crippen molar-refractivity contribution in [2.24, 2.45) is 0 Å². The maximum atomic E-state index is 12.6. The number of ether oxygens (including phenoxy) is 1. The highest BCUT2D eigenvalue weighted by Crippen LogP contribution is 2.39. The van der Waals surface area contributed by atoms with E-state index >= 15 is 0 Å². The molecule has 0 aliphatic carbocycles. The van der Waals surface area contributed by atoms with Crippen LogP contribution in [0.3, 0.4) is 0 Å². The molecule has 0 saturated carbocycles. The first-order valence-electron chi connectivity index (χ1n) is 9.60. The number of morpholine rings is 1. The molecule has 5 nitrogen and oxygen atoms in total. The van der Waals surface area contributed by atoms with Crippen LogP contribution in [0.1, 0.15) is 39.5 Å². The van der Waals surface area contributed by atoms with Crippen molar-refractivity contribution in [2.45, 2.75) is 19.4 Å². The normalized spacial score (nSPS) is 16.0. The summed E-state index contributed by atoms with van der Waals surface area (Å²) in [4.78, 5) is 16.3. The van der Waals surface area contributed by atoms with E-state index in [0.29, 0.717) is 5.76 Å². The van der Waals surface area contributed by atoms with Crippen molar-refractivity contribution in [1.29, 1.82) is 0 Å². The largest absolute Gasteiger partial charge is 0.459 e. The number of benzene rings is 1. The quantitative estimate of drug-likeness (QED) is 0.663. The molecule has 1 N–H and O–H groups in total. The Labute approximate surface area is 168 Å². The molecule has 1 saturated heterocycles. The summed E-state index contributed by atoms with van der Waals surface area (Å²) in [7, 11) is 0. The average Bonchev–Trinajstić information content (AvgIpc) is 3.41. The Morgan fingerprint density at radius 2 is 1.96 bits per heavy atom. The van der Waals surface area contributed by atoms with E-state index in [1.165, 1.54) is 16.7 Å². The summed E-state index contributed by atoms with van der Waals surface area (Å²) >= 11 is 1.64. The third-order valence-electron chi connectivity index (χ3n) is 4.95. The third-order valence-corrected chi connectivity index (χ3v) is 6.16. The van der Waals surface area contributed by atoms with E-state index in [4.69, 9.17) is 9.15 Å². The van der Waals surface area contributed by atoms with Gasteiger partial charge in [-0.05, 0) is 30.2 Å². The standard InChI is InChI=1S/C22H24N2O3S/c1-2-17-15-18(22(28-17)23-21(25)19-9-6-12-27-19)20(16-7-4-3-5-8-16)24-10-13-26-14-11-24/h3-9,12,15,20H,2,10-11,13-14H2,1H3,(H,23,25). The molecular formula is C22H24N2O3S. The average molecular weight is 397 g/mol. The van der Waals surface area contributed by atoms with Gasteiger partial charge in [0.1, 0.15) is 5.00 Å². The van der Waals surface area contributed by atoms with Crippen LogP contribution < -0.4 is 5.32 Å². The summed E-state index contributed by atoms with van der Waals surface area (Å²) < 4.78 is 10.8. The van der Waals surface area contributed by atoms with E-state index in [9.17, 15) is 4.79 Å². The summed E-state index contributed by atoms with van der Waals surface area (Å²) in [5, 5.41) is 3.97. The molecule has 1 amide bonds. The Morgan fingerprint density at radius 1 is 1.18 bits per heavy atom. The zero-order chi connectivity index (χ0) is 19.3. The van der Waals surface area contributed by atoms with Gasteiger partial charge in [-0.25, -0.2) is 0 Å². The Bertz CT molecular complexity index is 899. The highest BCUT2D eigenvalue weighted by Gasteiger charge is 2.28. The van der Waals surface area contributed by atoms with Crippen molar-refractivity contribution in [1.82, 2.24) is 4.90 Å². The van der Waals surface area contributed by atoms with Crippen LogP contribution in [-0.2, 0) is 11.2 Å². The van der Waals surface area contributed by atoms with Crippen LogP contribution in [0, 0.1) is 0 Å². The fraction of sp³-hybridized carbons (Fsp3) is 0.318. The molecule has 1 fully saturated rings. The van der Waals surface area contributed by atoms with Crippen molar-refractivity contribution in [3.63, 3.8) is 0 Å². The van der Waals surface area contributed by atoms with Gasteiger partial charge in [0, 0.05) is 23.5 Å². The number of carbonyl (C=O) groups is 1. The fourth-order valence-corrected chi connectivity index (χ4v) is 4.59. The number of hydrogen-bond acceptors (Lipinski definition) is 5. The number of anilines is 1.